The summed E-state index contributed by atoms with van der Waals surface area (Å²) >= 11 is 6.51. The first-order valence-electron chi connectivity index (χ1n) is 34.5. The zero-order valence-corrected chi connectivity index (χ0v) is 60.7. The number of ether oxygens (including phenoxy) is 8. The molecule has 7 N–H and O–H groups in total. The number of hydrogen-bond acceptors (Lipinski definition) is 19. The number of amides is 9. The van der Waals surface area contributed by atoms with Gasteiger partial charge in [-0.3, -0.25) is 48.2 Å². The molecule has 3 saturated carbocycles. The zero-order valence-electron chi connectivity index (χ0n) is 59.0. The lowest BCUT2D eigenvalue weighted by molar-refractivity contribution is -0.205. The third-order valence-corrected chi connectivity index (χ3v) is 20.1. The smallest absolute Gasteiger partial charge is 0.445 e. The van der Waals surface area contributed by atoms with Crippen molar-refractivity contribution in [2.24, 2.45) is 22.7 Å². The van der Waals surface area contributed by atoms with Crippen LogP contribution in [0.1, 0.15) is 86.6 Å². The highest BCUT2D eigenvalue weighted by molar-refractivity contribution is 7.46. The fraction of sp³-hybridized carbons (Fsp3) is 0.557. The maximum absolute atomic E-state index is 14.7. The third kappa shape index (κ3) is 18.3. The summed E-state index contributed by atoms with van der Waals surface area (Å²) in [5.74, 6) is -2.58. The first-order chi connectivity index (χ1) is 49.2. The molecule has 2 aromatic heterocycles. The van der Waals surface area contributed by atoms with Crippen molar-refractivity contribution in [1.29, 1.82) is 0 Å². The zero-order chi connectivity index (χ0) is 73.9. The van der Waals surface area contributed by atoms with Crippen molar-refractivity contribution in [3.63, 3.8) is 0 Å². The third-order valence-electron chi connectivity index (χ3n) is 19.3. The van der Waals surface area contributed by atoms with Crippen molar-refractivity contribution in [3.8, 4) is 11.5 Å². The number of aromatic nitrogens is 2. The molecule has 103 heavy (non-hydrogen) atoms. The van der Waals surface area contributed by atoms with Crippen molar-refractivity contribution < 1.29 is 99.9 Å². The van der Waals surface area contributed by atoms with Crippen LogP contribution < -0.4 is 35.0 Å². The number of nitrogens with zero attached hydrogens (tertiary/aromatic N) is 5. The fourth-order valence-electron chi connectivity index (χ4n) is 14.0. The fourth-order valence-corrected chi connectivity index (χ4v) is 14.6. The SMILES string of the molecule is Cc1c[nH]c2c(OC(=O)N(C)CCN(C)C(=O)OCc3ccc(NC(=O)CNC(=O)[C@@H](NC(=O)CCOCCOCCOCCOCCOCCOCCN4C(=O)CC(C)C4=O)C(C)C)cc3)cc3c(c12)CCN3C(=O)C12CC(C(=O)N3C[C@@H](CCl)c4c3cc(OP(=O)(O)O)c3[nH]cc(C)c43)(C1)C2. The Morgan fingerprint density at radius 1 is 0.718 bits per heavy atom. The molecule has 3 aliphatic heterocycles. The van der Waals surface area contributed by atoms with Crippen LogP contribution in [-0.2, 0) is 84.3 Å². The number of likely N-dealkylation sites (tertiary alicyclic amines) is 1. The number of carbonyl (C=O) groups excluding carboxylic acids is 9. The van der Waals surface area contributed by atoms with Gasteiger partial charge in [0.05, 0.1) is 126 Å². The average molecular weight is 1480 g/mol. The van der Waals surface area contributed by atoms with Gasteiger partial charge in [0.15, 0.2) is 11.5 Å². The second kappa shape index (κ2) is 34.1. The number of carbonyl (C=O) groups is 9. The van der Waals surface area contributed by atoms with Gasteiger partial charge in [-0.2, -0.15) is 0 Å². The Hall–Kier alpha value is -8.23. The first kappa shape index (κ1) is 77.4. The minimum atomic E-state index is -4.97. The number of phosphoric ester groups is 1. The Balaban J connectivity index is 0.579. The maximum atomic E-state index is 14.7. The molecule has 4 fully saturated rings. The van der Waals surface area contributed by atoms with Gasteiger partial charge in [0.1, 0.15) is 12.6 Å². The maximum Gasteiger partial charge on any atom is 0.524 e. The van der Waals surface area contributed by atoms with Crippen LogP contribution in [0, 0.1) is 36.5 Å². The lowest BCUT2D eigenvalue weighted by atomic mass is 9.34. The summed E-state index contributed by atoms with van der Waals surface area (Å²) in [7, 11) is -1.91. The summed E-state index contributed by atoms with van der Waals surface area (Å²) in [5.41, 5.74) is 4.92. The topological polar surface area (TPSA) is 378 Å². The Morgan fingerprint density at radius 3 is 1.83 bits per heavy atom. The number of phosphoric acid groups is 1. The van der Waals surface area contributed by atoms with Crippen molar-refractivity contribution in [2.45, 2.75) is 91.7 Å². The second-order valence-electron chi connectivity index (χ2n) is 27.2. The van der Waals surface area contributed by atoms with E-state index in [2.05, 4.69) is 25.9 Å². The van der Waals surface area contributed by atoms with Crippen molar-refractivity contribution in [3.05, 3.63) is 76.6 Å². The Morgan fingerprint density at radius 2 is 1.26 bits per heavy atom. The summed E-state index contributed by atoms with van der Waals surface area (Å²) in [6.45, 7) is 13.4. The van der Waals surface area contributed by atoms with E-state index in [0.717, 1.165) is 27.6 Å². The second-order valence-corrected chi connectivity index (χ2v) is 28.7. The van der Waals surface area contributed by atoms with Crippen LogP contribution in [-0.4, -0.2) is 233 Å². The number of halogens is 1. The predicted molar refractivity (Wildman–Crippen MR) is 376 cm³/mol. The number of aryl methyl sites for hydroxylation is 2. The van der Waals surface area contributed by atoms with E-state index in [1.54, 1.807) is 67.1 Å². The molecular formula is C70H92ClN10O21P. The molecule has 5 heterocycles. The van der Waals surface area contributed by atoms with E-state index < -0.39 is 54.6 Å². The van der Waals surface area contributed by atoms with Crippen molar-refractivity contribution >= 4 is 112 Å². The Labute approximate surface area is 600 Å². The molecule has 2 bridgehead atoms. The Kier molecular flexibility index (Phi) is 25.6. The number of aromatic amines is 2. The van der Waals surface area contributed by atoms with Gasteiger partial charge in [0.2, 0.25) is 41.4 Å². The van der Waals surface area contributed by atoms with Gasteiger partial charge in [-0.05, 0) is 85.4 Å². The average Bonchev–Trinajstić information content (AvgIpc) is 1.17. The molecule has 31 nitrogen and oxygen atoms in total. The molecule has 0 spiro atoms. The molecule has 3 atom stereocenters. The lowest BCUT2D eigenvalue weighted by Crippen LogP contribution is -2.72. The van der Waals surface area contributed by atoms with E-state index in [9.17, 15) is 57.5 Å². The standard InChI is InChI=1S/C70H92ClN10O21P/c1-42(2)60(76-54(82)13-18-94-20-22-96-24-26-98-28-29-99-27-25-97-23-21-95-19-17-80-56(84)30-43(3)64(80)86)63(85)74-36-55(83)75-48-10-8-46(9-11-48)38-100-67(89)77(6)15-16-78(7)68(90)101-52-31-50-49(57-44(4)34-72-61(52)57)12-14-79(50)65(87)69-39-70(40-69,41-69)66(88)81-37-47(33-71)59-51(81)32-53(102-103(91,92)93)62-58(59)45(5)35-73-62/h8-11,31-32,34-35,42-43,47,60,72-73H,12-30,33,36-41H2,1-7H3,(H,74,85)(H,75,83)(H,76,82)(H2,91,92,93)/t43?,47-,60+,69?,70?/m1/s1. The number of hydrogen-bond donors (Lipinski definition) is 7. The quantitative estimate of drug-likeness (QED) is 0.0104. The minimum Gasteiger partial charge on any atom is -0.445 e. The highest BCUT2D eigenvalue weighted by Gasteiger charge is 2.76. The van der Waals surface area contributed by atoms with Crippen LogP contribution in [0.5, 0.6) is 11.5 Å². The molecule has 5 aromatic rings. The lowest BCUT2D eigenvalue weighted by Gasteiger charge is -2.69. The van der Waals surface area contributed by atoms with E-state index in [-0.39, 0.29) is 137 Å². The summed E-state index contributed by atoms with van der Waals surface area (Å²) < 4.78 is 61.7. The van der Waals surface area contributed by atoms with Crippen LogP contribution >= 0.6 is 19.4 Å². The van der Waals surface area contributed by atoms with Crippen LogP contribution in [0.25, 0.3) is 21.8 Å². The van der Waals surface area contributed by atoms with E-state index in [1.165, 1.54) is 34.9 Å². The number of imide groups is 1. The molecule has 3 aliphatic carbocycles. The summed E-state index contributed by atoms with van der Waals surface area (Å²) in [5, 5.41) is 9.53. The molecule has 9 amide bonds. The monoisotopic (exact) mass is 1470 g/mol. The summed E-state index contributed by atoms with van der Waals surface area (Å²) in [4.78, 5) is 152. The molecule has 1 unspecified atom stereocenters. The number of fused-ring (bicyclic) bond motifs is 6. The first-order valence-corrected chi connectivity index (χ1v) is 36.6. The van der Waals surface area contributed by atoms with Crippen LogP contribution in [0.15, 0.2) is 48.8 Å². The number of anilines is 3. The molecule has 3 aromatic carbocycles. The van der Waals surface area contributed by atoms with E-state index >= 15 is 0 Å². The van der Waals surface area contributed by atoms with Crippen LogP contribution in [0.3, 0.4) is 0 Å². The van der Waals surface area contributed by atoms with E-state index in [1.807, 2.05) is 20.0 Å². The normalized spacial score (nSPS) is 19.1. The van der Waals surface area contributed by atoms with Gasteiger partial charge in [-0.25, -0.2) is 14.2 Å². The van der Waals surface area contributed by atoms with Gasteiger partial charge in [-0.15, -0.1) is 11.6 Å². The summed E-state index contributed by atoms with van der Waals surface area (Å²) in [6, 6.07) is 8.82. The number of H-pyrrole nitrogens is 2. The summed E-state index contributed by atoms with van der Waals surface area (Å²) in [6.07, 6.45) is 3.92. The van der Waals surface area contributed by atoms with Gasteiger partial charge in [-0.1, -0.05) is 32.9 Å². The highest BCUT2D eigenvalue weighted by atomic mass is 35.5. The number of alkyl halides is 1. The van der Waals surface area contributed by atoms with Gasteiger partial charge >= 0.3 is 20.0 Å². The van der Waals surface area contributed by atoms with E-state index in [4.69, 9.17) is 54.0 Å². The Bertz CT molecular complexity index is 3990. The number of benzene rings is 3. The highest BCUT2D eigenvalue weighted by Crippen LogP contribution is 2.75. The number of nitrogens with one attached hydrogen (secondary N) is 5. The number of likely N-dealkylation sites (N-methyl/N-ethyl adjacent to an activating group) is 2. The molecule has 560 valence electrons. The molecule has 33 heteroatoms. The molecule has 0 radical (unpaired) electrons. The molecule has 1 saturated heterocycles. The van der Waals surface area contributed by atoms with Crippen molar-refractivity contribution in [1.82, 2.24) is 35.3 Å². The van der Waals surface area contributed by atoms with Gasteiger partial charge < -0.3 is 87.9 Å². The van der Waals surface area contributed by atoms with E-state index in [0.29, 0.717) is 124 Å². The number of rotatable bonds is 38. The largest absolute Gasteiger partial charge is 0.524 e. The van der Waals surface area contributed by atoms with Crippen LogP contribution in [0.4, 0.5) is 26.7 Å². The molecule has 11 rings (SSSR count). The van der Waals surface area contributed by atoms with Crippen LogP contribution in [0.2, 0.25) is 0 Å². The minimum absolute atomic E-state index is 0.00182. The molecular weight excluding hydrogens is 1380 g/mol. The van der Waals surface area contributed by atoms with Gasteiger partial charge in [0, 0.05) is 112 Å². The predicted octanol–water partition coefficient (Wildman–Crippen LogP) is 5.95. The molecule has 6 aliphatic rings. The van der Waals surface area contributed by atoms with Gasteiger partial charge in [0.25, 0.3) is 0 Å². The van der Waals surface area contributed by atoms with Crippen molar-refractivity contribution in [2.75, 3.05) is 154 Å².